The van der Waals surface area contributed by atoms with Crippen molar-refractivity contribution >= 4 is 46.6 Å². The van der Waals surface area contributed by atoms with Crippen molar-refractivity contribution in [2.24, 2.45) is 5.10 Å². The second-order valence-electron chi connectivity index (χ2n) is 8.77. The van der Waals surface area contributed by atoms with E-state index in [4.69, 9.17) is 0 Å². The van der Waals surface area contributed by atoms with Crippen LogP contribution in [0.5, 0.6) is 5.75 Å². The molecule has 0 unspecified atom stereocenters. The number of rotatable bonds is 7. The van der Waals surface area contributed by atoms with Gasteiger partial charge in [-0.05, 0) is 54.1 Å². The molecule has 0 aromatic heterocycles. The molecule has 1 amide bonds. The van der Waals surface area contributed by atoms with Gasteiger partial charge in [0, 0.05) is 22.3 Å². The van der Waals surface area contributed by atoms with E-state index < -0.39 is 17.5 Å². The maximum Gasteiger partial charge on any atom is 0.336 e. The van der Waals surface area contributed by atoms with E-state index in [1.165, 1.54) is 42.5 Å². The summed E-state index contributed by atoms with van der Waals surface area (Å²) in [5, 5.41) is 26.9. The monoisotopic (exact) mass is 531 g/mol. The van der Waals surface area contributed by atoms with Crippen molar-refractivity contribution in [2.75, 3.05) is 10.7 Å². The number of carbonyl (C=O) groups excluding carboxylic acids is 3. The number of hydrogen-bond donors (Lipinski definition) is 4. The predicted octanol–water partition coefficient (Wildman–Crippen LogP) is 4.99. The van der Waals surface area contributed by atoms with Gasteiger partial charge in [0.2, 0.25) is 5.78 Å². The molecule has 40 heavy (non-hydrogen) atoms. The molecule has 9 nitrogen and oxygen atoms in total. The predicted molar refractivity (Wildman–Crippen MR) is 150 cm³/mol. The number of carboxylic acids is 1. The average molecular weight is 532 g/mol. The summed E-state index contributed by atoms with van der Waals surface area (Å²) >= 11 is 0. The van der Waals surface area contributed by atoms with Gasteiger partial charge >= 0.3 is 5.97 Å². The fourth-order valence-corrected chi connectivity index (χ4v) is 4.25. The van der Waals surface area contributed by atoms with Gasteiger partial charge < -0.3 is 15.5 Å². The number of ketones is 2. The molecule has 0 aliphatic heterocycles. The first-order chi connectivity index (χ1) is 19.3. The van der Waals surface area contributed by atoms with Crippen molar-refractivity contribution in [1.29, 1.82) is 0 Å². The highest BCUT2D eigenvalue weighted by atomic mass is 16.4. The average Bonchev–Trinajstić information content (AvgIpc) is 2.97. The normalized spacial score (nSPS) is 13.0. The number of amides is 1. The molecule has 4 aromatic rings. The van der Waals surface area contributed by atoms with Gasteiger partial charge in [0.05, 0.1) is 16.9 Å². The number of carboxylic acid groups (broad SMARTS) is 1. The molecule has 0 atom stereocenters. The highest BCUT2D eigenvalue weighted by molar-refractivity contribution is 6.53. The Bertz CT molecular complexity index is 1740. The highest BCUT2D eigenvalue weighted by Crippen LogP contribution is 2.29. The second-order valence-corrected chi connectivity index (χ2v) is 8.77. The summed E-state index contributed by atoms with van der Waals surface area (Å²) in [7, 11) is 0. The number of carbonyl (C=O) groups is 4. The molecule has 1 aliphatic rings. The van der Waals surface area contributed by atoms with E-state index in [1.54, 1.807) is 60.7 Å². The van der Waals surface area contributed by atoms with Crippen LogP contribution < -0.4 is 10.7 Å². The van der Waals surface area contributed by atoms with Crippen molar-refractivity contribution < 1.29 is 29.4 Å². The van der Waals surface area contributed by atoms with Crippen LogP contribution in [0.1, 0.15) is 47.8 Å². The van der Waals surface area contributed by atoms with Gasteiger partial charge in [-0.15, -0.1) is 0 Å². The van der Waals surface area contributed by atoms with Crippen molar-refractivity contribution in [3.8, 4) is 5.75 Å². The number of aromatic hydroxyl groups is 1. The van der Waals surface area contributed by atoms with E-state index in [9.17, 15) is 29.4 Å². The Morgan fingerprint density at radius 2 is 1.45 bits per heavy atom. The molecule has 0 saturated heterocycles. The van der Waals surface area contributed by atoms with Crippen molar-refractivity contribution in [1.82, 2.24) is 0 Å². The van der Waals surface area contributed by atoms with Crippen LogP contribution in [-0.2, 0) is 4.79 Å². The van der Waals surface area contributed by atoms with Gasteiger partial charge in [-0.1, -0.05) is 54.6 Å². The number of benzene rings is 4. The number of anilines is 2. The Balaban J connectivity index is 1.48. The second kappa shape index (κ2) is 10.9. The lowest BCUT2D eigenvalue weighted by atomic mass is 9.93. The number of nitrogens with one attached hydrogen (secondary N) is 2. The van der Waals surface area contributed by atoms with Crippen LogP contribution in [0.4, 0.5) is 11.4 Å². The quantitative estimate of drug-likeness (QED) is 0.149. The summed E-state index contributed by atoms with van der Waals surface area (Å²) in [5.41, 5.74) is 4.40. The van der Waals surface area contributed by atoms with Crippen LogP contribution in [0.15, 0.2) is 102 Å². The molecule has 0 radical (unpaired) electrons. The Morgan fingerprint density at radius 3 is 2.20 bits per heavy atom. The lowest BCUT2D eigenvalue weighted by Crippen LogP contribution is -2.23. The third-order valence-electron chi connectivity index (χ3n) is 6.21. The topological polar surface area (TPSA) is 145 Å². The lowest BCUT2D eigenvalue weighted by molar-refractivity contribution is -0.108. The molecule has 0 saturated carbocycles. The fourth-order valence-electron chi connectivity index (χ4n) is 4.25. The summed E-state index contributed by atoms with van der Waals surface area (Å²) in [5.74, 6) is -2.87. The lowest BCUT2D eigenvalue weighted by Gasteiger charge is -2.18. The number of aromatic carboxylic acids is 1. The summed E-state index contributed by atoms with van der Waals surface area (Å²) in [4.78, 5) is 50.4. The number of hydrogen-bond acceptors (Lipinski definition) is 7. The molecule has 4 aromatic carbocycles. The number of allylic oxidation sites excluding steroid dienone is 1. The van der Waals surface area contributed by atoms with Gasteiger partial charge in [-0.2, -0.15) is 5.10 Å². The Kier molecular flexibility index (Phi) is 7.02. The van der Waals surface area contributed by atoms with Crippen LogP contribution in [0.3, 0.4) is 0 Å². The summed E-state index contributed by atoms with van der Waals surface area (Å²) in [6.07, 6.45) is 2.96. The Labute approximate surface area is 228 Å². The number of hydrazone groups is 1. The molecule has 9 heteroatoms. The van der Waals surface area contributed by atoms with Crippen LogP contribution in [-0.4, -0.2) is 39.4 Å². The zero-order chi connectivity index (χ0) is 28.2. The van der Waals surface area contributed by atoms with Crippen molar-refractivity contribution in [3.05, 3.63) is 130 Å². The van der Waals surface area contributed by atoms with Crippen LogP contribution in [0.2, 0.25) is 0 Å². The number of fused-ring (bicyclic) bond motifs is 1. The van der Waals surface area contributed by atoms with Crippen LogP contribution in [0.25, 0.3) is 6.08 Å². The molecule has 0 bridgehead atoms. The van der Waals surface area contributed by atoms with E-state index in [1.807, 2.05) is 0 Å². The molecule has 5 rings (SSSR count). The first kappa shape index (κ1) is 25.8. The van der Waals surface area contributed by atoms with Crippen LogP contribution >= 0.6 is 0 Å². The van der Waals surface area contributed by atoms with Gasteiger partial charge in [-0.3, -0.25) is 19.8 Å². The van der Waals surface area contributed by atoms with Gasteiger partial charge in [0.15, 0.2) is 5.78 Å². The van der Waals surface area contributed by atoms with Gasteiger partial charge in [-0.25, -0.2) is 4.79 Å². The largest absolute Gasteiger partial charge is 0.506 e. The standard InChI is InChI=1S/C31H21N3O6/c35-25-15-14-20(29(37)21-10-4-5-11-22(21)31(39)40)17-24(25)33-34-28-26(36)16-13-18-9-6-12-23(27(18)28)32-30(38)19-7-2-1-3-8-19/h1-17,33,35H,(H,32,38)(H,39,40)/b34-28-. The number of phenols is 1. The van der Waals surface area contributed by atoms with Crippen molar-refractivity contribution in [3.63, 3.8) is 0 Å². The highest BCUT2D eigenvalue weighted by Gasteiger charge is 2.24. The molecule has 0 heterocycles. The van der Waals surface area contributed by atoms with E-state index in [2.05, 4.69) is 15.8 Å². The third-order valence-corrected chi connectivity index (χ3v) is 6.21. The molecule has 1 aliphatic carbocycles. The minimum absolute atomic E-state index is 0.0147. The van der Waals surface area contributed by atoms with E-state index in [-0.39, 0.29) is 39.7 Å². The summed E-state index contributed by atoms with van der Waals surface area (Å²) in [6, 6.07) is 23.5. The van der Waals surface area contributed by atoms with E-state index >= 15 is 0 Å². The first-order valence-corrected chi connectivity index (χ1v) is 12.1. The smallest absolute Gasteiger partial charge is 0.336 e. The SMILES string of the molecule is O=C1C=Cc2cccc(NC(=O)c3ccccc3)c2/C1=N\Nc1cc(C(=O)c2ccccc2C(=O)O)ccc1O. The molecule has 196 valence electrons. The van der Waals surface area contributed by atoms with Crippen molar-refractivity contribution in [2.45, 2.75) is 0 Å². The van der Waals surface area contributed by atoms with E-state index in [0.29, 0.717) is 22.4 Å². The molecule has 0 spiro atoms. The fraction of sp³-hybridized carbons (Fsp3) is 0. The zero-order valence-corrected chi connectivity index (χ0v) is 20.8. The Morgan fingerprint density at radius 1 is 0.725 bits per heavy atom. The van der Waals surface area contributed by atoms with Crippen LogP contribution in [0, 0.1) is 0 Å². The summed E-state index contributed by atoms with van der Waals surface area (Å²) in [6.45, 7) is 0. The molecular weight excluding hydrogens is 510 g/mol. The van der Waals surface area contributed by atoms with E-state index in [0.717, 1.165) is 0 Å². The molecule has 4 N–H and O–H groups in total. The first-order valence-electron chi connectivity index (χ1n) is 12.1. The minimum Gasteiger partial charge on any atom is -0.506 e. The zero-order valence-electron chi connectivity index (χ0n) is 20.8. The number of nitrogens with zero attached hydrogens (tertiary/aromatic N) is 1. The minimum atomic E-state index is -1.25. The van der Waals surface area contributed by atoms with Gasteiger partial charge in [0.25, 0.3) is 5.91 Å². The summed E-state index contributed by atoms with van der Waals surface area (Å²) < 4.78 is 0. The van der Waals surface area contributed by atoms with Gasteiger partial charge in [0.1, 0.15) is 11.5 Å². The number of phenolic OH excluding ortho intramolecular Hbond substituents is 1. The Hall–Kier alpha value is -5.83. The molecule has 0 fully saturated rings. The molecular formula is C31H21N3O6. The maximum absolute atomic E-state index is 13.1. The maximum atomic E-state index is 13.1. The third kappa shape index (κ3) is 5.11.